The molecule has 2 rings (SSSR count). The largest absolute Gasteiger partial charge is 0.496 e. The standard InChI is InChI=1S/C13H8Br2FNO4/c1-20-10-3-9(15)11(4-8(10)14)21-12-7(13(18)19)2-6(16)5-17-12/h2-5H,1H3,(H,18,19). The van der Waals surface area contributed by atoms with Crippen LogP contribution in [0.4, 0.5) is 4.39 Å². The van der Waals surface area contributed by atoms with Crippen molar-refractivity contribution in [2.24, 2.45) is 0 Å². The molecule has 1 aromatic carbocycles. The molecule has 1 heterocycles. The van der Waals surface area contributed by atoms with Crippen molar-refractivity contribution in [2.75, 3.05) is 7.11 Å². The lowest BCUT2D eigenvalue weighted by Crippen LogP contribution is -2.03. The van der Waals surface area contributed by atoms with Gasteiger partial charge in [-0.2, -0.15) is 0 Å². The number of carbonyl (C=O) groups is 1. The van der Waals surface area contributed by atoms with Crippen molar-refractivity contribution in [3.63, 3.8) is 0 Å². The maximum Gasteiger partial charge on any atom is 0.341 e. The van der Waals surface area contributed by atoms with E-state index in [9.17, 15) is 9.18 Å². The van der Waals surface area contributed by atoms with Crippen LogP contribution in [0.2, 0.25) is 0 Å². The third-order valence-corrected chi connectivity index (χ3v) is 3.70. The van der Waals surface area contributed by atoms with Gasteiger partial charge in [0.05, 0.1) is 22.3 Å². The molecule has 0 unspecified atom stereocenters. The number of aromatic carboxylic acids is 1. The molecule has 0 radical (unpaired) electrons. The summed E-state index contributed by atoms with van der Waals surface area (Å²) in [5.41, 5.74) is -0.367. The number of pyridine rings is 1. The molecule has 0 saturated heterocycles. The molecule has 0 aliphatic heterocycles. The van der Waals surface area contributed by atoms with Crippen molar-refractivity contribution >= 4 is 37.8 Å². The molecular weight excluding hydrogens is 413 g/mol. The smallest absolute Gasteiger partial charge is 0.341 e. The third kappa shape index (κ3) is 3.51. The molecule has 0 fully saturated rings. The van der Waals surface area contributed by atoms with Crippen LogP contribution in [-0.4, -0.2) is 23.2 Å². The fourth-order valence-electron chi connectivity index (χ4n) is 1.51. The van der Waals surface area contributed by atoms with E-state index in [0.717, 1.165) is 12.3 Å². The highest BCUT2D eigenvalue weighted by Gasteiger charge is 2.17. The van der Waals surface area contributed by atoms with Crippen molar-refractivity contribution in [1.29, 1.82) is 0 Å². The zero-order valence-corrected chi connectivity index (χ0v) is 13.7. The quantitative estimate of drug-likeness (QED) is 0.800. The SMILES string of the molecule is COc1cc(Br)c(Oc2ncc(F)cc2C(=O)O)cc1Br. The van der Waals surface area contributed by atoms with Gasteiger partial charge in [0, 0.05) is 0 Å². The Bertz CT molecular complexity index is 709. The normalized spacial score (nSPS) is 10.3. The third-order valence-electron chi connectivity index (χ3n) is 2.46. The van der Waals surface area contributed by atoms with E-state index in [1.165, 1.54) is 7.11 Å². The summed E-state index contributed by atoms with van der Waals surface area (Å²) in [5.74, 6) is -1.42. The van der Waals surface area contributed by atoms with Crippen molar-refractivity contribution in [2.45, 2.75) is 0 Å². The summed E-state index contributed by atoms with van der Waals surface area (Å²) in [6, 6.07) is 4.07. The van der Waals surface area contributed by atoms with Gasteiger partial charge in [-0.3, -0.25) is 0 Å². The number of benzene rings is 1. The lowest BCUT2D eigenvalue weighted by molar-refractivity contribution is 0.0692. The Labute approximate surface area is 136 Å². The van der Waals surface area contributed by atoms with Gasteiger partial charge in [-0.15, -0.1) is 0 Å². The van der Waals surface area contributed by atoms with E-state index in [0.29, 0.717) is 20.4 Å². The van der Waals surface area contributed by atoms with E-state index in [1.54, 1.807) is 12.1 Å². The van der Waals surface area contributed by atoms with E-state index in [2.05, 4.69) is 36.8 Å². The number of rotatable bonds is 4. The van der Waals surface area contributed by atoms with Crippen LogP contribution in [0, 0.1) is 5.82 Å². The number of hydrogen-bond acceptors (Lipinski definition) is 4. The molecule has 110 valence electrons. The number of nitrogens with zero attached hydrogens (tertiary/aromatic N) is 1. The first-order valence-corrected chi connectivity index (χ1v) is 7.10. The second-order valence-corrected chi connectivity index (χ2v) is 5.54. The highest BCUT2D eigenvalue weighted by atomic mass is 79.9. The zero-order valence-electron chi connectivity index (χ0n) is 10.6. The lowest BCUT2D eigenvalue weighted by atomic mass is 10.2. The van der Waals surface area contributed by atoms with Gasteiger partial charge in [0.25, 0.3) is 0 Å². The highest BCUT2D eigenvalue weighted by Crippen LogP contribution is 2.38. The number of carboxylic acid groups (broad SMARTS) is 1. The van der Waals surface area contributed by atoms with Crippen molar-refractivity contribution in [3.05, 3.63) is 44.7 Å². The minimum Gasteiger partial charge on any atom is -0.496 e. The highest BCUT2D eigenvalue weighted by molar-refractivity contribution is 9.11. The first kappa shape index (κ1) is 15.7. The Balaban J connectivity index is 2.43. The molecule has 0 aliphatic rings. The van der Waals surface area contributed by atoms with Crippen LogP contribution in [0.25, 0.3) is 0 Å². The molecule has 1 aromatic heterocycles. The second-order valence-electron chi connectivity index (χ2n) is 3.83. The average Bonchev–Trinajstić information content (AvgIpc) is 2.44. The van der Waals surface area contributed by atoms with Crippen molar-refractivity contribution in [1.82, 2.24) is 4.98 Å². The second kappa shape index (κ2) is 6.40. The lowest BCUT2D eigenvalue weighted by Gasteiger charge is -2.11. The molecule has 0 aliphatic carbocycles. The summed E-state index contributed by atoms with van der Waals surface area (Å²) in [7, 11) is 1.51. The molecule has 8 heteroatoms. The van der Waals surface area contributed by atoms with E-state index < -0.39 is 11.8 Å². The Hall–Kier alpha value is -1.67. The molecular formula is C13H8Br2FNO4. The van der Waals surface area contributed by atoms with Crippen LogP contribution in [-0.2, 0) is 0 Å². The summed E-state index contributed by atoms with van der Waals surface area (Å²) >= 11 is 6.57. The van der Waals surface area contributed by atoms with Gasteiger partial charge in [-0.25, -0.2) is 14.2 Å². The molecule has 1 N–H and O–H groups in total. The van der Waals surface area contributed by atoms with Crippen LogP contribution < -0.4 is 9.47 Å². The van der Waals surface area contributed by atoms with Crippen molar-refractivity contribution < 1.29 is 23.8 Å². The van der Waals surface area contributed by atoms with Crippen LogP contribution in [0.3, 0.4) is 0 Å². The molecule has 0 atom stereocenters. The molecule has 21 heavy (non-hydrogen) atoms. The van der Waals surface area contributed by atoms with Crippen LogP contribution in [0.1, 0.15) is 10.4 Å². The van der Waals surface area contributed by atoms with Gasteiger partial charge < -0.3 is 14.6 Å². The fourth-order valence-corrected chi connectivity index (χ4v) is 2.40. The summed E-state index contributed by atoms with van der Waals surface area (Å²) in [6.45, 7) is 0. The zero-order chi connectivity index (χ0) is 15.6. The minimum atomic E-state index is -1.33. The van der Waals surface area contributed by atoms with Crippen LogP contribution in [0.5, 0.6) is 17.4 Å². The van der Waals surface area contributed by atoms with Gasteiger partial charge >= 0.3 is 5.97 Å². The topological polar surface area (TPSA) is 68.7 Å². The number of ether oxygens (including phenoxy) is 2. The molecule has 0 spiro atoms. The summed E-state index contributed by atoms with van der Waals surface area (Å²) < 4.78 is 24.8. The molecule has 0 amide bonds. The Morgan fingerprint density at radius 1 is 1.24 bits per heavy atom. The van der Waals surface area contributed by atoms with Gasteiger partial charge in [0.2, 0.25) is 5.88 Å². The minimum absolute atomic E-state index is 0.207. The van der Waals surface area contributed by atoms with Gasteiger partial charge in [-0.05, 0) is 50.1 Å². The number of hydrogen-bond donors (Lipinski definition) is 1. The Morgan fingerprint density at radius 3 is 2.48 bits per heavy atom. The average molecular weight is 421 g/mol. The van der Waals surface area contributed by atoms with Gasteiger partial charge in [0.15, 0.2) is 0 Å². The number of carboxylic acids is 1. The first-order valence-electron chi connectivity index (χ1n) is 5.52. The molecule has 5 nitrogen and oxygen atoms in total. The molecule has 0 bridgehead atoms. The van der Waals surface area contributed by atoms with E-state index in [1.807, 2.05) is 0 Å². The van der Waals surface area contributed by atoms with Gasteiger partial charge in [-0.1, -0.05) is 0 Å². The number of aromatic nitrogens is 1. The summed E-state index contributed by atoms with van der Waals surface area (Å²) in [4.78, 5) is 14.8. The summed E-state index contributed by atoms with van der Waals surface area (Å²) in [5, 5.41) is 9.05. The van der Waals surface area contributed by atoms with E-state index in [4.69, 9.17) is 14.6 Å². The van der Waals surface area contributed by atoms with E-state index in [-0.39, 0.29) is 11.4 Å². The maximum absolute atomic E-state index is 13.1. The Kier molecular flexibility index (Phi) is 4.79. The maximum atomic E-state index is 13.1. The Morgan fingerprint density at radius 2 is 1.86 bits per heavy atom. The monoisotopic (exact) mass is 419 g/mol. The first-order chi connectivity index (χ1) is 9.92. The van der Waals surface area contributed by atoms with Crippen molar-refractivity contribution in [3.8, 4) is 17.4 Å². The predicted octanol–water partition coefficient (Wildman–Crippen LogP) is 4.24. The van der Waals surface area contributed by atoms with Gasteiger partial charge in [0.1, 0.15) is 22.9 Å². The molecule has 2 aromatic rings. The number of halogens is 3. The van der Waals surface area contributed by atoms with E-state index >= 15 is 0 Å². The number of methoxy groups -OCH3 is 1. The van der Waals surface area contributed by atoms with Crippen LogP contribution in [0.15, 0.2) is 33.3 Å². The fraction of sp³-hybridized carbons (Fsp3) is 0.0769. The predicted molar refractivity (Wildman–Crippen MR) is 79.6 cm³/mol. The summed E-state index contributed by atoms with van der Waals surface area (Å²) in [6.07, 6.45) is 0.883. The van der Waals surface area contributed by atoms with Crippen LogP contribution >= 0.6 is 31.9 Å². The molecule has 0 saturated carbocycles.